The Labute approximate surface area is 183 Å². The fraction of sp³-hybridized carbons (Fsp3) is 0.261. The Hall–Kier alpha value is -2.95. The highest BCUT2D eigenvalue weighted by Gasteiger charge is 2.19. The number of para-hydroxylation sites is 1. The minimum atomic E-state index is -0.479. The first kappa shape index (κ1) is 21.8. The number of hydrogen-bond donors (Lipinski definition) is 1. The van der Waals surface area contributed by atoms with E-state index in [2.05, 4.69) is 5.32 Å². The van der Waals surface area contributed by atoms with E-state index in [0.717, 1.165) is 21.6 Å². The van der Waals surface area contributed by atoms with E-state index in [4.69, 9.17) is 0 Å². The average Bonchev–Trinajstić information content (AvgIpc) is 3.20. The third kappa shape index (κ3) is 4.16. The predicted octanol–water partition coefficient (Wildman–Crippen LogP) is 2.91. The number of benzene rings is 1. The third-order valence-electron chi connectivity index (χ3n) is 4.62. The van der Waals surface area contributed by atoms with Gasteiger partial charge in [0, 0.05) is 10.9 Å². The number of aromatic nitrogens is 1. The van der Waals surface area contributed by atoms with Gasteiger partial charge in [-0.25, -0.2) is 0 Å². The summed E-state index contributed by atoms with van der Waals surface area (Å²) in [5, 5.41) is 14.6. The lowest BCUT2D eigenvalue weighted by molar-refractivity contribution is -0.116. The van der Waals surface area contributed by atoms with Gasteiger partial charge >= 0.3 is 0 Å². The van der Waals surface area contributed by atoms with Crippen molar-refractivity contribution in [2.75, 3.05) is 0 Å². The number of nitrogens with zero attached hydrogens (tertiary/aromatic N) is 2. The quantitative estimate of drug-likeness (QED) is 0.682. The van der Waals surface area contributed by atoms with E-state index >= 15 is 0 Å². The fourth-order valence-electron chi connectivity index (χ4n) is 3.19. The van der Waals surface area contributed by atoms with Crippen molar-refractivity contribution in [3.8, 4) is 11.8 Å². The first-order valence-electron chi connectivity index (χ1n) is 9.54. The Morgan fingerprint density at radius 2 is 1.83 bits per heavy atom. The van der Waals surface area contributed by atoms with E-state index in [1.165, 1.54) is 15.9 Å². The van der Waals surface area contributed by atoms with Crippen molar-refractivity contribution in [3.63, 3.8) is 0 Å². The Bertz CT molecular complexity index is 1310. The van der Waals surface area contributed by atoms with Crippen LogP contribution in [0.15, 0.2) is 34.4 Å². The lowest BCUT2D eigenvalue weighted by Crippen LogP contribution is -2.36. The number of nitrogens with one attached hydrogen (secondary N) is 1. The molecule has 0 fully saturated rings. The maximum atomic E-state index is 13.5. The first-order chi connectivity index (χ1) is 14.2. The normalized spacial score (nSPS) is 12.8. The topological polar surface area (TPSA) is 74.9 Å². The molecular weight excluding hydrogens is 414 g/mol. The van der Waals surface area contributed by atoms with Gasteiger partial charge in [0.1, 0.15) is 10.7 Å². The smallest absolute Gasteiger partial charge is 0.273 e. The van der Waals surface area contributed by atoms with Gasteiger partial charge in [0.15, 0.2) is 5.57 Å². The maximum Gasteiger partial charge on any atom is 0.273 e. The molecule has 0 atom stereocenters. The van der Waals surface area contributed by atoms with Crippen molar-refractivity contribution >= 4 is 40.2 Å². The molecule has 0 spiro atoms. The van der Waals surface area contributed by atoms with Crippen LogP contribution in [0.1, 0.15) is 35.4 Å². The fourth-order valence-corrected chi connectivity index (χ4v) is 5.20. The Morgan fingerprint density at radius 3 is 2.37 bits per heavy atom. The van der Waals surface area contributed by atoms with Crippen LogP contribution in [0, 0.1) is 32.1 Å². The van der Waals surface area contributed by atoms with Crippen LogP contribution in [-0.2, 0) is 4.79 Å². The van der Waals surface area contributed by atoms with Gasteiger partial charge in [0.25, 0.3) is 11.5 Å². The van der Waals surface area contributed by atoms with Crippen LogP contribution in [0.3, 0.4) is 0 Å². The van der Waals surface area contributed by atoms with Crippen LogP contribution in [0.25, 0.3) is 17.3 Å². The Morgan fingerprint density at radius 1 is 1.17 bits per heavy atom. The molecule has 3 rings (SSSR count). The van der Waals surface area contributed by atoms with E-state index in [1.54, 1.807) is 11.3 Å². The van der Waals surface area contributed by atoms with Gasteiger partial charge in [-0.15, -0.1) is 22.7 Å². The number of carbonyl (C=O) groups excluding carboxylic acids is 1. The van der Waals surface area contributed by atoms with Gasteiger partial charge in [0.05, 0.1) is 10.2 Å². The SMILES string of the molecule is Cc1ccsc1/C=c1/s/c(=C(\C#N)C(=O)NC(C)C)n(-c2c(C)cccc2C)c1=O. The minimum Gasteiger partial charge on any atom is -0.349 e. The second-order valence-electron chi connectivity index (χ2n) is 7.38. The van der Waals surface area contributed by atoms with Crippen LogP contribution in [0.4, 0.5) is 0 Å². The summed E-state index contributed by atoms with van der Waals surface area (Å²) in [5.41, 5.74) is 3.30. The highest BCUT2D eigenvalue weighted by Crippen LogP contribution is 2.17. The average molecular weight is 438 g/mol. The molecule has 0 saturated carbocycles. The molecule has 0 aliphatic carbocycles. The number of thiazole rings is 1. The van der Waals surface area contributed by atoms with Crippen molar-refractivity contribution in [3.05, 3.63) is 70.8 Å². The summed E-state index contributed by atoms with van der Waals surface area (Å²) in [6.07, 6.45) is 1.84. The number of amides is 1. The summed E-state index contributed by atoms with van der Waals surface area (Å²) in [6, 6.07) is 9.67. The second-order valence-corrected chi connectivity index (χ2v) is 9.36. The summed E-state index contributed by atoms with van der Waals surface area (Å²) in [6.45, 7) is 9.49. The highest BCUT2D eigenvalue weighted by atomic mass is 32.1. The molecule has 2 aromatic heterocycles. The molecule has 0 bridgehead atoms. The molecule has 0 unspecified atom stereocenters. The molecule has 0 aliphatic heterocycles. The number of nitriles is 1. The van der Waals surface area contributed by atoms with Crippen LogP contribution < -0.4 is 20.1 Å². The van der Waals surface area contributed by atoms with Crippen LogP contribution in [0.5, 0.6) is 0 Å². The Kier molecular flexibility index (Phi) is 6.40. The van der Waals surface area contributed by atoms with Crippen LogP contribution >= 0.6 is 22.7 Å². The molecule has 3 aromatic rings. The van der Waals surface area contributed by atoms with E-state index in [9.17, 15) is 14.9 Å². The molecule has 2 heterocycles. The van der Waals surface area contributed by atoms with Crippen molar-refractivity contribution in [1.29, 1.82) is 5.26 Å². The number of hydrogen-bond acceptors (Lipinski definition) is 5. The molecule has 1 N–H and O–H groups in total. The van der Waals surface area contributed by atoms with E-state index in [-0.39, 0.29) is 17.2 Å². The summed E-state index contributed by atoms with van der Waals surface area (Å²) in [4.78, 5) is 27.2. The molecule has 0 aliphatic rings. The van der Waals surface area contributed by atoms with Crippen LogP contribution in [0.2, 0.25) is 0 Å². The Balaban J connectivity index is 2.47. The van der Waals surface area contributed by atoms with Gasteiger partial charge in [-0.2, -0.15) is 5.26 Å². The number of rotatable bonds is 4. The van der Waals surface area contributed by atoms with Gasteiger partial charge in [0.2, 0.25) is 0 Å². The van der Waals surface area contributed by atoms with Crippen molar-refractivity contribution < 1.29 is 4.79 Å². The number of thiophene rings is 1. The largest absolute Gasteiger partial charge is 0.349 e. The van der Waals surface area contributed by atoms with Gasteiger partial charge < -0.3 is 5.32 Å². The summed E-state index contributed by atoms with van der Waals surface area (Å²) < 4.78 is 2.35. The number of aryl methyl sites for hydroxylation is 3. The third-order valence-corrected chi connectivity index (χ3v) is 6.68. The van der Waals surface area contributed by atoms with Crippen molar-refractivity contribution in [1.82, 2.24) is 9.88 Å². The molecule has 30 heavy (non-hydrogen) atoms. The van der Waals surface area contributed by atoms with Gasteiger partial charge in [-0.3, -0.25) is 14.2 Å². The van der Waals surface area contributed by atoms with Crippen molar-refractivity contribution in [2.45, 2.75) is 40.7 Å². The van der Waals surface area contributed by atoms with Crippen molar-refractivity contribution in [2.24, 2.45) is 0 Å². The summed E-state index contributed by atoms with van der Waals surface area (Å²) >= 11 is 2.73. The van der Waals surface area contributed by atoms with E-state index in [0.29, 0.717) is 14.9 Å². The standard InChI is InChI=1S/C23H23N3O2S2/c1-13(2)25-21(27)17(12-24)23-26(20-15(4)7-6-8-16(20)5)22(28)19(30-23)11-18-14(3)9-10-29-18/h6-11,13H,1-5H3,(H,25,27)/b19-11+,23-17+. The van der Waals surface area contributed by atoms with E-state index < -0.39 is 5.91 Å². The predicted molar refractivity (Wildman–Crippen MR) is 124 cm³/mol. The van der Waals surface area contributed by atoms with Crippen LogP contribution in [-0.4, -0.2) is 16.5 Å². The maximum absolute atomic E-state index is 13.5. The molecule has 7 heteroatoms. The summed E-state index contributed by atoms with van der Waals surface area (Å²) in [5.74, 6) is -0.479. The molecule has 154 valence electrons. The zero-order valence-electron chi connectivity index (χ0n) is 17.6. The van der Waals surface area contributed by atoms with Gasteiger partial charge in [-0.1, -0.05) is 18.2 Å². The van der Waals surface area contributed by atoms with E-state index in [1.807, 2.05) is 76.4 Å². The zero-order valence-corrected chi connectivity index (χ0v) is 19.2. The molecule has 1 amide bonds. The first-order valence-corrected chi connectivity index (χ1v) is 11.2. The molecule has 1 aromatic carbocycles. The number of carbonyl (C=O) groups is 1. The second kappa shape index (κ2) is 8.82. The highest BCUT2D eigenvalue weighted by molar-refractivity contribution is 7.11. The zero-order chi connectivity index (χ0) is 22.0. The summed E-state index contributed by atoms with van der Waals surface area (Å²) in [7, 11) is 0. The lowest BCUT2D eigenvalue weighted by atomic mass is 10.1. The molecular formula is C23H23N3O2S2. The lowest BCUT2D eigenvalue weighted by Gasteiger charge is -2.11. The minimum absolute atomic E-state index is 0.0593. The van der Waals surface area contributed by atoms with Gasteiger partial charge in [-0.05, 0) is 68.8 Å². The molecule has 5 nitrogen and oxygen atoms in total. The monoisotopic (exact) mass is 437 g/mol. The molecule has 0 saturated heterocycles. The molecule has 0 radical (unpaired) electrons.